The number of nitrogens with zero attached hydrogens (tertiary/aromatic N) is 3. The first kappa shape index (κ1) is 17.5. The molecular weight excluding hydrogens is 357 g/mol. The Morgan fingerprint density at radius 2 is 1.96 bits per heavy atom. The third-order valence-corrected chi connectivity index (χ3v) is 4.86. The molecule has 8 heteroatoms. The van der Waals surface area contributed by atoms with E-state index < -0.39 is 11.9 Å². The highest BCUT2D eigenvalue weighted by Gasteiger charge is 2.33. The van der Waals surface area contributed by atoms with Gasteiger partial charge in [-0.1, -0.05) is 0 Å². The molecule has 0 radical (unpaired) electrons. The second-order valence-corrected chi connectivity index (χ2v) is 6.68. The largest absolute Gasteiger partial charge is 0.433 e. The number of fused-ring (bicyclic) bond motifs is 1. The van der Waals surface area contributed by atoms with Crippen LogP contribution in [0.1, 0.15) is 40.5 Å². The summed E-state index contributed by atoms with van der Waals surface area (Å²) in [6.07, 6.45) is 0.383. The van der Waals surface area contributed by atoms with E-state index in [1.54, 1.807) is 35.5 Å². The fourth-order valence-electron chi connectivity index (χ4n) is 3.50. The van der Waals surface area contributed by atoms with Crippen LogP contribution in [-0.4, -0.2) is 38.8 Å². The Labute approximate surface area is 153 Å². The summed E-state index contributed by atoms with van der Waals surface area (Å²) in [4.78, 5) is 25.2. The predicted molar refractivity (Wildman–Crippen MR) is 93.2 cm³/mol. The number of carbonyl (C=O) groups excluding carboxylic acids is 1. The first-order valence-corrected chi connectivity index (χ1v) is 8.68. The highest BCUT2D eigenvalue weighted by atomic mass is 19.4. The lowest BCUT2D eigenvalue weighted by atomic mass is 9.94. The van der Waals surface area contributed by atoms with Gasteiger partial charge in [0.25, 0.3) is 5.91 Å². The number of nitrogens with one attached hydrogen (secondary N) is 1. The van der Waals surface area contributed by atoms with Gasteiger partial charge in [0, 0.05) is 42.7 Å². The number of pyridine rings is 2. The lowest BCUT2D eigenvalue weighted by Crippen LogP contribution is -2.39. The van der Waals surface area contributed by atoms with Crippen LogP contribution < -0.4 is 0 Å². The molecule has 5 nitrogen and oxygen atoms in total. The van der Waals surface area contributed by atoms with Gasteiger partial charge in [0.15, 0.2) is 0 Å². The van der Waals surface area contributed by atoms with Crippen LogP contribution >= 0.6 is 0 Å². The van der Waals surface area contributed by atoms with Crippen LogP contribution in [0.25, 0.3) is 11.0 Å². The Kier molecular flexibility index (Phi) is 4.33. The van der Waals surface area contributed by atoms with Crippen LogP contribution in [0, 0.1) is 0 Å². The fraction of sp³-hybridized carbons (Fsp3) is 0.316. The van der Waals surface area contributed by atoms with Crippen molar-refractivity contribution in [3.05, 3.63) is 59.7 Å². The molecule has 1 aliphatic rings. The zero-order chi connectivity index (χ0) is 19.0. The summed E-state index contributed by atoms with van der Waals surface area (Å²) in [7, 11) is 0. The maximum atomic E-state index is 12.9. The molecule has 1 N–H and O–H groups in total. The van der Waals surface area contributed by atoms with Crippen molar-refractivity contribution in [2.45, 2.75) is 24.9 Å². The van der Waals surface area contributed by atoms with Crippen LogP contribution in [0.15, 0.2) is 42.7 Å². The fourth-order valence-corrected chi connectivity index (χ4v) is 3.50. The Hall–Kier alpha value is -2.90. The number of halogens is 3. The van der Waals surface area contributed by atoms with E-state index in [0.29, 0.717) is 24.2 Å². The molecule has 4 rings (SSSR count). The van der Waals surface area contributed by atoms with E-state index in [9.17, 15) is 18.0 Å². The van der Waals surface area contributed by atoms with Gasteiger partial charge >= 0.3 is 6.18 Å². The molecular formula is C19H17F3N4O. The summed E-state index contributed by atoms with van der Waals surface area (Å²) in [5.74, 6) is -0.0243. The summed E-state index contributed by atoms with van der Waals surface area (Å²) >= 11 is 0. The third kappa shape index (κ3) is 3.51. The maximum Gasteiger partial charge on any atom is 0.433 e. The number of alkyl halides is 3. The minimum atomic E-state index is -4.47. The molecule has 0 bridgehead atoms. The zero-order valence-corrected chi connectivity index (χ0v) is 14.3. The van der Waals surface area contributed by atoms with Crippen LogP contribution in [-0.2, 0) is 6.18 Å². The molecule has 0 aliphatic carbocycles. The summed E-state index contributed by atoms with van der Waals surface area (Å²) in [5, 5.41) is 0. The van der Waals surface area contributed by atoms with Gasteiger partial charge < -0.3 is 9.88 Å². The quantitative estimate of drug-likeness (QED) is 0.738. The van der Waals surface area contributed by atoms with Crippen molar-refractivity contribution in [1.29, 1.82) is 0 Å². The van der Waals surface area contributed by atoms with Crippen molar-refractivity contribution >= 4 is 16.9 Å². The normalized spacial score (nSPS) is 18.0. The van der Waals surface area contributed by atoms with E-state index in [0.717, 1.165) is 24.6 Å². The molecule has 27 heavy (non-hydrogen) atoms. The van der Waals surface area contributed by atoms with Crippen LogP contribution in [0.2, 0.25) is 0 Å². The number of rotatable bonds is 2. The maximum absolute atomic E-state index is 12.9. The lowest BCUT2D eigenvalue weighted by molar-refractivity contribution is -0.140. The highest BCUT2D eigenvalue weighted by Crippen LogP contribution is 2.32. The summed E-state index contributed by atoms with van der Waals surface area (Å²) in [6, 6.07) is 7.39. The number of hydrogen-bond acceptors (Lipinski definition) is 3. The van der Waals surface area contributed by atoms with E-state index in [1.165, 1.54) is 6.07 Å². The molecule has 1 atom stereocenters. The van der Waals surface area contributed by atoms with Gasteiger partial charge in [0.2, 0.25) is 0 Å². The first-order valence-electron chi connectivity index (χ1n) is 8.68. The van der Waals surface area contributed by atoms with Crippen molar-refractivity contribution in [2.24, 2.45) is 0 Å². The molecule has 3 aromatic rings. The SMILES string of the molecule is O=C(c1ccncc1)N1CCC[C@@H](c2cc3nc(C(F)(F)F)ccc3[nH]2)C1. The van der Waals surface area contributed by atoms with Gasteiger partial charge in [-0.25, -0.2) is 4.98 Å². The Morgan fingerprint density at radius 1 is 1.19 bits per heavy atom. The minimum Gasteiger partial charge on any atom is -0.357 e. The standard InChI is InChI=1S/C19H17F3N4O/c20-19(21,22)17-4-3-14-16(25-17)10-15(24-14)13-2-1-9-26(11-13)18(27)12-5-7-23-8-6-12/h3-8,10,13,24H,1-2,9,11H2/t13-/m1/s1. The first-order chi connectivity index (χ1) is 12.9. The summed E-state index contributed by atoms with van der Waals surface area (Å²) < 4.78 is 38.6. The van der Waals surface area contributed by atoms with Gasteiger partial charge in [-0.2, -0.15) is 13.2 Å². The molecule has 0 unspecified atom stereocenters. The molecule has 4 heterocycles. The van der Waals surface area contributed by atoms with E-state index >= 15 is 0 Å². The van der Waals surface area contributed by atoms with Crippen molar-refractivity contribution in [2.75, 3.05) is 13.1 Å². The van der Waals surface area contributed by atoms with Gasteiger partial charge in [-0.05, 0) is 43.2 Å². The second kappa shape index (κ2) is 6.68. The monoisotopic (exact) mass is 374 g/mol. The zero-order valence-electron chi connectivity index (χ0n) is 14.3. The molecule has 3 aromatic heterocycles. The number of piperidine rings is 1. The molecule has 140 valence electrons. The van der Waals surface area contributed by atoms with E-state index in [2.05, 4.69) is 15.0 Å². The molecule has 0 aromatic carbocycles. The highest BCUT2D eigenvalue weighted by molar-refractivity contribution is 5.94. The number of amides is 1. The summed E-state index contributed by atoms with van der Waals surface area (Å²) in [5.41, 5.74) is 1.34. The molecule has 0 spiro atoms. The van der Waals surface area contributed by atoms with Crippen molar-refractivity contribution in [3.8, 4) is 0 Å². The number of hydrogen-bond donors (Lipinski definition) is 1. The van der Waals surface area contributed by atoms with E-state index in [1.807, 2.05) is 0 Å². The minimum absolute atomic E-state index is 0.0353. The number of likely N-dealkylation sites (tertiary alicyclic amines) is 1. The lowest BCUT2D eigenvalue weighted by Gasteiger charge is -2.32. The average molecular weight is 374 g/mol. The van der Waals surface area contributed by atoms with Gasteiger partial charge in [-0.3, -0.25) is 9.78 Å². The van der Waals surface area contributed by atoms with Crippen molar-refractivity contribution in [1.82, 2.24) is 19.9 Å². The van der Waals surface area contributed by atoms with Gasteiger partial charge in [0.05, 0.1) is 11.0 Å². The molecule has 1 aliphatic heterocycles. The number of aromatic nitrogens is 3. The second-order valence-electron chi connectivity index (χ2n) is 6.68. The van der Waals surface area contributed by atoms with Gasteiger partial charge in [0.1, 0.15) is 5.69 Å². The topological polar surface area (TPSA) is 61.9 Å². The molecule has 1 saturated heterocycles. The third-order valence-electron chi connectivity index (χ3n) is 4.86. The van der Waals surface area contributed by atoms with Crippen molar-refractivity contribution in [3.63, 3.8) is 0 Å². The Morgan fingerprint density at radius 3 is 2.70 bits per heavy atom. The van der Waals surface area contributed by atoms with Crippen LogP contribution in [0.4, 0.5) is 13.2 Å². The number of carbonyl (C=O) groups is 1. The van der Waals surface area contributed by atoms with E-state index in [4.69, 9.17) is 0 Å². The molecule has 0 saturated carbocycles. The Bertz CT molecular complexity index is 968. The molecule has 1 amide bonds. The van der Waals surface area contributed by atoms with Crippen molar-refractivity contribution < 1.29 is 18.0 Å². The average Bonchev–Trinajstić information content (AvgIpc) is 3.11. The molecule has 1 fully saturated rings. The van der Waals surface area contributed by atoms with E-state index in [-0.39, 0.29) is 17.3 Å². The Balaban J connectivity index is 1.57. The summed E-state index contributed by atoms with van der Waals surface area (Å²) in [6.45, 7) is 1.18. The predicted octanol–water partition coefficient (Wildman–Crippen LogP) is 4.00. The van der Waals surface area contributed by atoms with Crippen LogP contribution in [0.3, 0.4) is 0 Å². The smallest absolute Gasteiger partial charge is 0.357 e. The van der Waals surface area contributed by atoms with Crippen LogP contribution in [0.5, 0.6) is 0 Å². The van der Waals surface area contributed by atoms with Gasteiger partial charge in [-0.15, -0.1) is 0 Å². The number of aromatic amines is 1. The number of H-pyrrole nitrogens is 1.